The number of hydrogen-bond acceptors (Lipinski definition) is 3. The van der Waals surface area contributed by atoms with Gasteiger partial charge in [0.15, 0.2) is 0 Å². The van der Waals surface area contributed by atoms with Gasteiger partial charge in [0.25, 0.3) is 0 Å². The molecule has 1 N–H and O–H groups in total. The van der Waals surface area contributed by atoms with Crippen molar-refractivity contribution in [3.05, 3.63) is 0 Å². The lowest BCUT2D eigenvalue weighted by atomic mass is 10.8. The molecule has 0 heterocycles. The standard InChI is InChI=1S/C4H10N4/c1-3-6-8(4-2)7-5/h3,5H,4H2,1-2H3/b6-3-,7-5?. The average molecular weight is 114 g/mol. The van der Waals surface area contributed by atoms with E-state index in [1.807, 2.05) is 6.92 Å². The second-order valence-corrected chi connectivity index (χ2v) is 1.16. The molecule has 0 saturated heterocycles. The molecule has 0 bridgehead atoms. The fourth-order valence-corrected chi connectivity index (χ4v) is 0.311. The molecule has 4 heteroatoms. The van der Waals surface area contributed by atoms with E-state index in [-0.39, 0.29) is 0 Å². The molecule has 0 unspecified atom stereocenters. The van der Waals surface area contributed by atoms with Crippen LogP contribution in [0.5, 0.6) is 0 Å². The Morgan fingerprint density at radius 2 is 2.38 bits per heavy atom. The molecule has 46 valence electrons. The Labute approximate surface area is 48.7 Å². The lowest BCUT2D eigenvalue weighted by molar-refractivity contribution is 0.291. The number of hydrazone groups is 1. The van der Waals surface area contributed by atoms with Crippen LogP contribution in [0.15, 0.2) is 10.3 Å². The van der Waals surface area contributed by atoms with Crippen LogP contribution < -0.4 is 0 Å². The minimum atomic E-state index is 0.647. The van der Waals surface area contributed by atoms with Gasteiger partial charge in [-0.05, 0) is 13.8 Å². The first-order chi connectivity index (χ1) is 3.85. The van der Waals surface area contributed by atoms with E-state index in [0.717, 1.165) is 0 Å². The van der Waals surface area contributed by atoms with Crippen molar-refractivity contribution >= 4 is 6.21 Å². The number of rotatable bonds is 3. The molecule has 0 amide bonds. The fourth-order valence-electron chi connectivity index (χ4n) is 0.311. The van der Waals surface area contributed by atoms with Gasteiger partial charge in [-0.15, -0.1) is 0 Å². The fraction of sp³-hybridized carbons (Fsp3) is 0.750. The minimum Gasteiger partial charge on any atom is -0.185 e. The van der Waals surface area contributed by atoms with Crippen LogP contribution in [0.2, 0.25) is 0 Å². The monoisotopic (exact) mass is 114 g/mol. The van der Waals surface area contributed by atoms with E-state index in [2.05, 4.69) is 10.3 Å². The van der Waals surface area contributed by atoms with E-state index >= 15 is 0 Å². The van der Waals surface area contributed by atoms with Crippen LogP contribution in [-0.2, 0) is 0 Å². The van der Waals surface area contributed by atoms with E-state index in [1.54, 1.807) is 13.1 Å². The molecular formula is C4H10N4. The predicted octanol–water partition coefficient (Wildman–Crippen LogP) is 1.26. The summed E-state index contributed by atoms with van der Waals surface area (Å²) in [6.45, 7) is 4.31. The van der Waals surface area contributed by atoms with Gasteiger partial charge in [-0.25, -0.2) is 0 Å². The second kappa shape index (κ2) is 4.23. The third-order valence-electron chi connectivity index (χ3n) is 0.647. The highest BCUT2D eigenvalue weighted by atomic mass is 15.7. The smallest absolute Gasteiger partial charge is 0.0596 e. The summed E-state index contributed by atoms with van der Waals surface area (Å²) in [5.74, 6) is 0. The van der Waals surface area contributed by atoms with Gasteiger partial charge >= 0.3 is 0 Å². The van der Waals surface area contributed by atoms with Crippen LogP contribution in [0.25, 0.3) is 0 Å². The van der Waals surface area contributed by atoms with Gasteiger partial charge in [0.2, 0.25) is 0 Å². The molecule has 0 aliphatic heterocycles. The zero-order valence-electron chi connectivity index (χ0n) is 5.13. The third-order valence-corrected chi connectivity index (χ3v) is 0.647. The molecule has 8 heavy (non-hydrogen) atoms. The van der Waals surface area contributed by atoms with Crippen molar-refractivity contribution in [3.63, 3.8) is 0 Å². The molecule has 0 aromatic heterocycles. The number of hydrogen-bond donors (Lipinski definition) is 1. The van der Waals surface area contributed by atoms with Crippen molar-refractivity contribution in [1.29, 1.82) is 5.53 Å². The van der Waals surface area contributed by atoms with Gasteiger partial charge in [-0.3, -0.25) is 0 Å². The van der Waals surface area contributed by atoms with Gasteiger partial charge in [-0.2, -0.15) is 15.8 Å². The Hall–Kier alpha value is -0.930. The van der Waals surface area contributed by atoms with Crippen LogP contribution in [-0.4, -0.2) is 17.9 Å². The molecule has 0 fully saturated rings. The maximum Gasteiger partial charge on any atom is 0.0596 e. The summed E-state index contributed by atoms with van der Waals surface area (Å²) in [4.78, 5) is 0. The van der Waals surface area contributed by atoms with Crippen LogP contribution in [0.1, 0.15) is 13.8 Å². The molecule has 0 aliphatic rings. The Morgan fingerprint density at radius 3 is 2.50 bits per heavy atom. The zero-order valence-corrected chi connectivity index (χ0v) is 5.13. The van der Waals surface area contributed by atoms with Gasteiger partial charge < -0.3 is 0 Å². The van der Waals surface area contributed by atoms with Crippen LogP contribution in [0, 0.1) is 5.53 Å². The van der Waals surface area contributed by atoms with E-state index in [4.69, 9.17) is 5.53 Å². The Morgan fingerprint density at radius 1 is 1.75 bits per heavy atom. The highest BCUT2D eigenvalue weighted by molar-refractivity contribution is 5.52. The topological polar surface area (TPSA) is 51.8 Å². The predicted molar refractivity (Wildman–Crippen MR) is 31.7 cm³/mol. The molecule has 0 aromatic carbocycles. The molecule has 0 rings (SSSR count). The minimum absolute atomic E-state index is 0.647. The van der Waals surface area contributed by atoms with Crippen LogP contribution in [0.4, 0.5) is 0 Å². The largest absolute Gasteiger partial charge is 0.185 e. The molecule has 0 atom stereocenters. The summed E-state index contributed by atoms with van der Waals surface area (Å²) in [6, 6.07) is 0. The number of nitrogens with one attached hydrogen (secondary N) is 1. The first kappa shape index (κ1) is 7.07. The van der Waals surface area contributed by atoms with Crippen LogP contribution in [0.3, 0.4) is 0 Å². The van der Waals surface area contributed by atoms with E-state index in [1.165, 1.54) is 5.12 Å². The van der Waals surface area contributed by atoms with Gasteiger partial charge in [0, 0.05) is 6.21 Å². The van der Waals surface area contributed by atoms with Crippen molar-refractivity contribution in [3.8, 4) is 0 Å². The van der Waals surface area contributed by atoms with Crippen molar-refractivity contribution in [2.45, 2.75) is 13.8 Å². The zero-order chi connectivity index (χ0) is 6.41. The Balaban J connectivity index is 3.52. The van der Waals surface area contributed by atoms with E-state index in [0.29, 0.717) is 6.54 Å². The summed E-state index contributed by atoms with van der Waals surface area (Å²) in [5, 5.41) is 8.09. The first-order valence-electron chi connectivity index (χ1n) is 2.48. The average Bonchev–Trinajstić information content (AvgIpc) is 1.83. The highest BCUT2D eigenvalue weighted by Crippen LogP contribution is 1.85. The van der Waals surface area contributed by atoms with Crippen LogP contribution >= 0.6 is 0 Å². The molecule has 0 saturated carbocycles. The first-order valence-corrected chi connectivity index (χ1v) is 2.48. The van der Waals surface area contributed by atoms with E-state index in [9.17, 15) is 0 Å². The van der Waals surface area contributed by atoms with Gasteiger partial charge in [0.05, 0.1) is 6.54 Å². The molecular weight excluding hydrogens is 104 g/mol. The molecule has 0 radical (unpaired) electrons. The second-order valence-electron chi connectivity index (χ2n) is 1.16. The summed E-state index contributed by atoms with van der Waals surface area (Å²) < 4.78 is 0. The van der Waals surface area contributed by atoms with Gasteiger partial charge in [-0.1, -0.05) is 5.22 Å². The summed E-state index contributed by atoms with van der Waals surface area (Å²) >= 11 is 0. The van der Waals surface area contributed by atoms with E-state index < -0.39 is 0 Å². The maximum absolute atomic E-state index is 6.50. The highest BCUT2D eigenvalue weighted by Gasteiger charge is 1.85. The quantitative estimate of drug-likeness (QED) is 0.335. The lowest BCUT2D eigenvalue weighted by Crippen LogP contribution is -2.06. The summed E-state index contributed by atoms with van der Waals surface area (Å²) in [7, 11) is 0. The number of nitrogens with zero attached hydrogens (tertiary/aromatic N) is 3. The lowest BCUT2D eigenvalue weighted by Gasteiger charge is -2.03. The van der Waals surface area contributed by atoms with Crippen molar-refractivity contribution in [2.75, 3.05) is 6.54 Å². The van der Waals surface area contributed by atoms with Crippen molar-refractivity contribution < 1.29 is 0 Å². The third kappa shape index (κ3) is 2.28. The van der Waals surface area contributed by atoms with Gasteiger partial charge in [0.1, 0.15) is 0 Å². The van der Waals surface area contributed by atoms with Crippen molar-refractivity contribution in [1.82, 2.24) is 5.12 Å². The normalized spacial score (nSPS) is 9.75. The molecule has 0 aromatic rings. The molecule has 0 aliphatic carbocycles. The maximum atomic E-state index is 6.50. The summed E-state index contributed by atoms with van der Waals surface area (Å²) in [6.07, 6.45) is 1.60. The van der Waals surface area contributed by atoms with Crippen molar-refractivity contribution in [2.24, 2.45) is 10.3 Å². The Kier molecular flexibility index (Phi) is 3.74. The SMILES string of the molecule is C/C=N\N(CC)N=N. The molecule has 4 nitrogen and oxygen atoms in total. The summed E-state index contributed by atoms with van der Waals surface area (Å²) in [5.41, 5.74) is 6.50. The Bertz CT molecular complexity index is 88.0. The molecule has 0 spiro atoms.